The molecule has 1 rings (SSSR count). The predicted octanol–water partition coefficient (Wildman–Crippen LogP) is 2.43. The number of carbonyl (C=O) groups is 1. The lowest BCUT2D eigenvalue weighted by Crippen LogP contribution is -2.51. The van der Waals surface area contributed by atoms with E-state index in [2.05, 4.69) is 22.7 Å². The number of nitrogens with one attached hydrogen (secondary N) is 2. The maximum Gasteiger partial charge on any atom is 0.408 e. The lowest BCUT2D eigenvalue weighted by Gasteiger charge is -2.29. The summed E-state index contributed by atoms with van der Waals surface area (Å²) in [5.41, 5.74) is 2.51. The Hall–Kier alpha value is -1.56. The second-order valence-corrected chi connectivity index (χ2v) is 7.39. The summed E-state index contributed by atoms with van der Waals surface area (Å²) in [5.74, 6) is 0. The monoisotopic (exact) mass is 310 g/mol. The molecule has 0 aliphatic carbocycles. The summed E-state index contributed by atoms with van der Waals surface area (Å²) in [5, 5.41) is 10.7. The number of nitrogens with zero attached hydrogens (tertiary/aromatic N) is 2. The standard InChI is InChI=1S/C16H30N4O2/c1-11-13(12(2)20(8)19-11)9-17-10-16(6,7)18-14(21)22-15(3,4)5/h17H,9-10H2,1-8H3,(H,18,21). The lowest BCUT2D eigenvalue weighted by atomic mass is 10.1. The van der Waals surface area contributed by atoms with E-state index >= 15 is 0 Å². The van der Waals surface area contributed by atoms with Crippen molar-refractivity contribution in [3.63, 3.8) is 0 Å². The van der Waals surface area contributed by atoms with Crippen molar-refractivity contribution < 1.29 is 9.53 Å². The highest BCUT2D eigenvalue weighted by atomic mass is 16.6. The van der Waals surface area contributed by atoms with Crippen molar-refractivity contribution >= 4 is 6.09 Å². The number of ether oxygens (including phenoxy) is 1. The maximum absolute atomic E-state index is 11.8. The third kappa shape index (κ3) is 5.67. The van der Waals surface area contributed by atoms with Crippen LogP contribution in [-0.2, 0) is 18.3 Å². The molecule has 1 heterocycles. The molecule has 6 nitrogen and oxygen atoms in total. The molecule has 0 aliphatic rings. The van der Waals surface area contributed by atoms with E-state index in [4.69, 9.17) is 4.74 Å². The number of aryl methyl sites for hydroxylation is 2. The number of hydrogen-bond donors (Lipinski definition) is 2. The molecule has 0 atom stereocenters. The zero-order valence-electron chi connectivity index (χ0n) is 15.1. The molecule has 1 amide bonds. The third-order valence-corrected chi connectivity index (χ3v) is 3.37. The molecule has 0 aromatic carbocycles. The Kier molecular flexibility index (Phi) is 5.62. The first kappa shape index (κ1) is 18.5. The van der Waals surface area contributed by atoms with Gasteiger partial charge < -0.3 is 15.4 Å². The highest BCUT2D eigenvalue weighted by Gasteiger charge is 2.24. The van der Waals surface area contributed by atoms with Gasteiger partial charge in [0.15, 0.2) is 0 Å². The molecular formula is C16H30N4O2. The quantitative estimate of drug-likeness (QED) is 0.876. The molecule has 0 spiro atoms. The number of rotatable bonds is 5. The molecule has 0 saturated heterocycles. The van der Waals surface area contributed by atoms with Crippen LogP contribution in [0.2, 0.25) is 0 Å². The van der Waals surface area contributed by atoms with Crippen LogP contribution < -0.4 is 10.6 Å². The normalized spacial score (nSPS) is 12.4. The summed E-state index contributed by atoms with van der Waals surface area (Å²) in [6.45, 7) is 14.9. The summed E-state index contributed by atoms with van der Waals surface area (Å²) in [6, 6.07) is 0. The molecule has 0 bridgehead atoms. The van der Waals surface area contributed by atoms with E-state index < -0.39 is 17.2 Å². The SMILES string of the molecule is Cc1nn(C)c(C)c1CNCC(C)(C)NC(=O)OC(C)(C)C. The fraction of sp³-hybridized carbons (Fsp3) is 0.750. The molecular weight excluding hydrogens is 280 g/mol. The molecule has 6 heteroatoms. The van der Waals surface area contributed by atoms with E-state index in [1.807, 2.05) is 53.3 Å². The highest BCUT2D eigenvalue weighted by molar-refractivity contribution is 5.68. The summed E-state index contributed by atoms with van der Waals surface area (Å²) in [6.07, 6.45) is -0.395. The average molecular weight is 310 g/mol. The van der Waals surface area contributed by atoms with Gasteiger partial charge in [-0.15, -0.1) is 0 Å². The third-order valence-electron chi connectivity index (χ3n) is 3.37. The summed E-state index contributed by atoms with van der Waals surface area (Å²) in [7, 11) is 1.94. The van der Waals surface area contributed by atoms with Crippen molar-refractivity contribution in [1.82, 2.24) is 20.4 Å². The Morgan fingerprint density at radius 3 is 2.27 bits per heavy atom. The van der Waals surface area contributed by atoms with E-state index in [0.717, 1.165) is 17.9 Å². The molecule has 0 saturated carbocycles. The zero-order chi connectivity index (χ0) is 17.1. The van der Waals surface area contributed by atoms with Crippen molar-refractivity contribution in [2.24, 2.45) is 7.05 Å². The Morgan fingerprint density at radius 2 is 1.82 bits per heavy atom. The van der Waals surface area contributed by atoms with Crippen molar-refractivity contribution in [3.05, 3.63) is 17.0 Å². The van der Waals surface area contributed by atoms with Gasteiger partial charge in [0.25, 0.3) is 0 Å². The van der Waals surface area contributed by atoms with Gasteiger partial charge in [0.2, 0.25) is 0 Å². The molecule has 2 N–H and O–H groups in total. The van der Waals surface area contributed by atoms with E-state index in [1.165, 1.54) is 5.56 Å². The first-order valence-corrected chi connectivity index (χ1v) is 7.62. The van der Waals surface area contributed by atoms with Crippen LogP contribution >= 0.6 is 0 Å². The van der Waals surface area contributed by atoms with Gasteiger partial charge >= 0.3 is 6.09 Å². The minimum absolute atomic E-state index is 0.395. The Morgan fingerprint density at radius 1 is 1.23 bits per heavy atom. The van der Waals surface area contributed by atoms with Gasteiger partial charge in [-0.1, -0.05) is 0 Å². The lowest BCUT2D eigenvalue weighted by molar-refractivity contribution is 0.0472. The first-order valence-electron chi connectivity index (χ1n) is 7.62. The molecule has 22 heavy (non-hydrogen) atoms. The van der Waals surface area contributed by atoms with E-state index in [1.54, 1.807) is 0 Å². The van der Waals surface area contributed by atoms with Crippen LogP contribution in [0.15, 0.2) is 0 Å². The first-order chi connectivity index (χ1) is 9.91. The van der Waals surface area contributed by atoms with Crippen LogP contribution in [0, 0.1) is 13.8 Å². The van der Waals surface area contributed by atoms with Gasteiger partial charge in [0, 0.05) is 31.4 Å². The van der Waals surface area contributed by atoms with Crippen LogP contribution in [-0.4, -0.2) is 33.6 Å². The van der Waals surface area contributed by atoms with E-state index in [9.17, 15) is 4.79 Å². The molecule has 1 aromatic heterocycles. The molecule has 0 aliphatic heterocycles. The number of aromatic nitrogens is 2. The van der Waals surface area contributed by atoms with Gasteiger partial charge in [-0.3, -0.25) is 4.68 Å². The van der Waals surface area contributed by atoms with E-state index in [-0.39, 0.29) is 0 Å². The van der Waals surface area contributed by atoms with Gasteiger partial charge in [-0.25, -0.2) is 4.79 Å². The molecule has 126 valence electrons. The minimum Gasteiger partial charge on any atom is -0.444 e. The van der Waals surface area contributed by atoms with E-state index in [0.29, 0.717) is 6.54 Å². The Bertz CT molecular complexity index is 527. The average Bonchev–Trinajstić information content (AvgIpc) is 2.51. The minimum atomic E-state index is -0.489. The largest absolute Gasteiger partial charge is 0.444 e. The number of amides is 1. The Labute approximate surface area is 133 Å². The van der Waals surface area contributed by atoms with Crippen LogP contribution in [0.3, 0.4) is 0 Å². The second kappa shape index (κ2) is 6.69. The second-order valence-electron chi connectivity index (χ2n) is 7.39. The van der Waals surface area contributed by atoms with Gasteiger partial charge in [0.05, 0.1) is 11.2 Å². The van der Waals surface area contributed by atoms with Crippen LogP contribution in [0.1, 0.15) is 51.6 Å². The van der Waals surface area contributed by atoms with Gasteiger partial charge in [-0.05, 0) is 48.5 Å². The maximum atomic E-state index is 11.8. The molecule has 1 aromatic rings. The van der Waals surface area contributed by atoms with Crippen molar-refractivity contribution in [3.8, 4) is 0 Å². The fourth-order valence-electron chi connectivity index (χ4n) is 2.20. The number of hydrogen-bond acceptors (Lipinski definition) is 4. The van der Waals surface area contributed by atoms with Crippen molar-refractivity contribution in [2.75, 3.05) is 6.54 Å². The van der Waals surface area contributed by atoms with Crippen molar-refractivity contribution in [1.29, 1.82) is 0 Å². The van der Waals surface area contributed by atoms with Crippen molar-refractivity contribution in [2.45, 2.75) is 66.2 Å². The van der Waals surface area contributed by atoms with Crippen LogP contribution in [0.25, 0.3) is 0 Å². The van der Waals surface area contributed by atoms with Gasteiger partial charge in [-0.2, -0.15) is 5.10 Å². The number of carbonyl (C=O) groups excluding carboxylic acids is 1. The molecule has 0 unspecified atom stereocenters. The van der Waals surface area contributed by atoms with Crippen LogP contribution in [0.5, 0.6) is 0 Å². The number of alkyl carbamates (subject to hydrolysis) is 1. The fourth-order valence-corrected chi connectivity index (χ4v) is 2.20. The molecule has 0 fully saturated rings. The summed E-state index contributed by atoms with van der Waals surface area (Å²) in [4.78, 5) is 11.8. The topological polar surface area (TPSA) is 68.2 Å². The predicted molar refractivity (Wildman–Crippen MR) is 87.8 cm³/mol. The van der Waals surface area contributed by atoms with Crippen LogP contribution in [0.4, 0.5) is 4.79 Å². The van der Waals surface area contributed by atoms with Gasteiger partial charge in [0.1, 0.15) is 5.60 Å². The summed E-state index contributed by atoms with van der Waals surface area (Å²) < 4.78 is 7.17. The molecule has 0 radical (unpaired) electrons. The zero-order valence-corrected chi connectivity index (χ0v) is 15.1. The highest BCUT2D eigenvalue weighted by Crippen LogP contribution is 2.12. The smallest absolute Gasteiger partial charge is 0.408 e. The Balaban J connectivity index is 2.50. The summed E-state index contributed by atoms with van der Waals surface area (Å²) >= 11 is 0.